The van der Waals surface area contributed by atoms with Crippen LogP contribution in [0.3, 0.4) is 0 Å². The molecule has 0 radical (unpaired) electrons. The highest BCUT2D eigenvalue weighted by Gasteiger charge is 2.36. The quantitative estimate of drug-likeness (QED) is 0.695. The molecule has 3 aliphatic rings. The van der Waals surface area contributed by atoms with Gasteiger partial charge in [-0.15, -0.1) is 0 Å². The van der Waals surface area contributed by atoms with Crippen molar-refractivity contribution in [2.75, 3.05) is 16.2 Å². The molecular weight excluding hydrogens is 442 g/mol. The summed E-state index contributed by atoms with van der Waals surface area (Å²) in [6.07, 6.45) is 10.1. The summed E-state index contributed by atoms with van der Waals surface area (Å²) in [7, 11) is -2.44. The molecule has 10 heteroatoms. The number of aromatic nitrogens is 2. The third-order valence-corrected chi connectivity index (χ3v) is 8.40. The number of fused-ring (bicyclic) bond motifs is 2. The summed E-state index contributed by atoms with van der Waals surface area (Å²) in [6.45, 7) is 2.39. The van der Waals surface area contributed by atoms with Crippen LogP contribution < -0.4 is 14.3 Å². The summed E-state index contributed by atoms with van der Waals surface area (Å²) in [4.78, 5) is 13.0. The number of nitrogens with one attached hydrogen (secondary N) is 2. The van der Waals surface area contributed by atoms with Crippen molar-refractivity contribution < 1.29 is 17.9 Å². The Balaban J connectivity index is 1.41. The second-order valence-corrected chi connectivity index (χ2v) is 10.9. The van der Waals surface area contributed by atoms with Crippen molar-refractivity contribution in [2.45, 2.75) is 70.4 Å². The maximum Gasteiger partial charge on any atom is 0.334 e. The lowest BCUT2D eigenvalue weighted by Crippen LogP contribution is -2.52. The van der Waals surface area contributed by atoms with Gasteiger partial charge in [0.25, 0.3) is 0 Å². The summed E-state index contributed by atoms with van der Waals surface area (Å²) < 4.78 is 37.7. The van der Waals surface area contributed by atoms with E-state index < -0.39 is 16.2 Å². The van der Waals surface area contributed by atoms with Gasteiger partial charge in [0, 0.05) is 25.5 Å². The van der Waals surface area contributed by atoms with Crippen LogP contribution in [0, 0.1) is 0 Å². The van der Waals surface area contributed by atoms with Gasteiger partial charge in [-0.1, -0.05) is 6.07 Å². The van der Waals surface area contributed by atoms with Gasteiger partial charge in [-0.3, -0.25) is 4.68 Å². The topological polar surface area (TPSA) is 106 Å². The van der Waals surface area contributed by atoms with E-state index in [1.54, 1.807) is 17.9 Å². The molecule has 5 rings (SSSR count). The summed E-state index contributed by atoms with van der Waals surface area (Å²) in [6, 6.07) is 1.23. The molecule has 2 heterocycles. The van der Waals surface area contributed by atoms with E-state index >= 15 is 0 Å². The van der Waals surface area contributed by atoms with Crippen LogP contribution in [0.15, 0.2) is 18.5 Å². The van der Waals surface area contributed by atoms with E-state index in [2.05, 4.69) is 21.2 Å². The molecule has 2 aromatic rings. The van der Waals surface area contributed by atoms with Gasteiger partial charge in [-0.25, -0.2) is 13.8 Å². The van der Waals surface area contributed by atoms with Crippen LogP contribution in [0.4, 0.5) is 16.2 Å². The predicted octanol–water partition coefficient (Wildman–Crippen LogP) is 2.84. The SMILES string of the molecule is C[C@H]1C[C@@H](N(c2cnn(C)c2)S(=O)(=O)NC(=O)Nc2c3c(cc4c2CCC4)CCC3)CCO1. The van der Waals surface area contributed by atoms with Crippen LogP contribution in [0.5, 0.6) is 0 Å². The number of carbonyl (C=O) groups is 1. The molecule has 2 atom stereocenters. The van der Waals surface area contributed by atoms with Gasteiger partial charge >= 0.3 is 16.2 Å². The first-order chi connectivity index (χ1) is 15.8. The summed E-state index contributed by atoms with van der Waals surface area (Å²) in [5, 5.41) is 7.06. The molecule has 0 bridgehead atoms. The van der Waals surface area contributed by atoms with E-state index in [-0.39, 0.29) is 12.1 Å². The minimum Gasteiger partial charge on any atom is -0.378 e. The molecule has 0 saturated carbocycles. The third kappa shape index (κ3) is 4.33. The lowest BCUT2D eigenvalue weighted by Gasteiger charge is -2.36. The molecule has 33 heavy (non-hydrogen) atoms. The van der Waals surface area contributed by atoms with Crippen molar-refractivity contribution in [3.63, 3.8) is 0 Å². The monoisotopic (exact) mass is 473 g/mol. The molecule has 1 fully saturated rings. The molecular formula is C23H31N5O4S. The van der Waals surface area contributed by atoms with Crippen molar-refractivity contribution >= 4 is 27.6 Å². The zero-order valence-electron chi connectivity index (χ0n) is 19.1. The number of ether oxygens (including phenoxy) is 1. The molecule has 0 unspecified atom stereocenters. The molecule has 1 aliphatic heterocycles. The first kappa shape index (κ1) is 22.2. The molecule has 2 aliphatic carbocycles. The van der Waals surface area contributed by atoms with Crippen LogP contribution in [-0.2, 0) is 47.7 Å². The fourth-order valence-corrected chi connectivity index (χ4v) is 6.87. The summed E-state index contributed by atoms with van der Waals surface area (Å²) in [5.41, 5.74) is 6.12. The van der Waals surface area contributed by atoms with E-state index in [1.807, 2.05) is 6.92 Å². The van der Waals surface area contributed by atoms with Gasteiger partial charge in [0.1, 0.15) is 0 Å². The average molecular weight is 474 g/mol. The van der Waals surface area contributed by atoms with Gasteiger partial charge in [0.2, 0.25) is 0 Å². The zero-order valence-corrected chi connectivity index (χ0v) is 20.0. The Bertz CT molecular complexity index is 1140. The number of benzene rings is 1. The fourth-order valence-electron chi connectivity index (χ4n) is 5.53. The fraction of sp³-hybridized carbons (Fsp3) is 0.565. The third-order valence-electron chi connectivity index (χ3n) is 6.93. The smallest absolute Gasteiger partial charge is 0.334 e. The number of nitrogens with zero attached hydrogens (tertiary/aromatic N) is 3. The number of rotatable bonds is 5. The van der Waals surface area contributed by atoms with Crippen LogP contribution in [0.2, 0.25) is 0 Å². The van der Waals surface area contributed by atoms with E-state index in [0.717, 1.165) is 55.3 Å². The van der Waals surface area contributed by atoms with Crippen molar-refractivity contribution in [3.05, 3.63) is 40.7 Å². The number of amides is 2. The molecule has 2 N–H and O–H groups in total. The molecule has 9 nitrogen and oxygen atoms in total. The second kappa shape index (κ2) is 8.64. The second-order valence-electron chi connectivity index (χ2n) is 9.32. The molecule has 1 saturated heterocycles. The highest BCUT2D eigenvalue weighted by Crippen LogP contribution is 2.38. The Labute approximate surface area is 194 Å². The molecule has 1 aromatic carbocycles. The number of aryl methyl sites for hydroxylation is 3. The van der Waals surface area contributed by atoms with E-state index in [0.29, 0.717) is 25.1 Å². The van der Waals surface area contributed by atoms with E-state index in [4.69, 9.17) is 4.74 Å². The molecule has 178 valence electrons. The maximum absolute atomic E-state index is 13.5. The first-order valence-corrected chi connectivity index (χ1v) is 13.2. The van der Waals surface area contributed by atoms with Crippen LogP contribution >= 0.6 is 0 Å². The minimum absolute atomic E-state index is 0.0681. The standard InChI is InChI=1S/C23H31N5O4S/c1-15-11-18(9-10-32-15)28(19-13-24-27(2)14-19)33(30,31)26-23(29)25-22-20-7-3-5-16(20)12-17-6-4-8-21(17)22/h12-15,18H,3-11H2,1-2H3,(H2,25,26,29)/t15-,18-/m0/s1. The number of hydrogen-bond donors (Lipinski definition) is 2. The zero-order chi connectivity index (χ0) is 23.2. The highest BCUT2D eigenvalue weighted by atomic mass is 32.2. The summed E-state index contributed by atoms with van der Waals surface area (Å²) >= 11 is 0. The van der Waals surface area contributed by atoms with Crippen LogP contribution in [-0.4, -0.2) is 43.0 Å². The number of anilines is 2. The summed E-state index contributed by atoms with van der Waals surface area (Å²) in [5.74, 6) is 0. The number of urea groups is 1. The normalized spacial score (nSPS) is 22.0. The average Bonchev–Trinajstić information content (AvgIpc) is 3.48. The predicted molar refractivity (Wildman–Crippen MR) is 126 cm³/mol. The Kier molecular flexibility index (Phi) is 5.82. The maximum atomic E-state index is 13.5. The molecule has 1 aromatic heterocycles. The van der Waals surface area contributed by atoms with Crippen LogP contribution in [0.25, 0.3) is 0 Å². The Morgan fingerprint density at radius 3 is 2.48 bits per heavy atom. The van der Waals surface area contributed by atoms with Crippen molar-refractivity contribution in [3.8, 4) is 0 Å². The Morgan fingerprint density at radius 1 is 1.18 bits per heavy atom. The Morgan fingerprint density at radius 2 is 1.88 bits per heavy atom. The largest absolute Gasteiger partial charge is 0.378 e. The van der Waals surface area contributed by atoms with Crippen molar-refractivity contribution in [2.24, 2.45) is 7.05 Å². The van der Waals surface area contributed by atoms with E-state index in [1.165, 1.54) is 21.6 Å². The van der Waals surface area contributed by atoms with Gasteiger partial charge in [-0.2, -0.15) is 13.5 Å². The number of hydrogen-bond acceptors (Lipinski definition) is 5. The van der Waals surface area contributed by atoms with E-state index in [9.17, 15) is 13.2 Å². The molecule has 0 spiro atoms. The van der Waals surface area contributed by atoms with Gasteiger partial charge < -0.3 is 10.1 Å². The van der Waals surface area contributed by atoms with Crippen LogP contribution in [0.1, 0.15) is 54.9 Å². The van der Waals surface area contributed by atoms with Gasteiger partial charge in [0.05, 0.1) is 24.0 Å². The Hall–Kier alpha value is -2.59. The first-order valence-electron chi connectivity index (χ1n) is 11.7. The molecule has 2 amide bonds. The van der Waals surface area contributed by atoms with Gasteiger partial charge in [-0.05, 0) is 80.5 Å². The highest BCUT2D eigenvalue weighted by molar-refractivity contribution is 7.91. The minimum atomic E-state index is -4.17. The van der Waals surface area contributed by atoms with Crippen molar-refractivity contribution in [1.29, 1.82) is 0 Å². The lowest BCUT2D eigenvalue weighted by atomic mass is 9.99. The number of carbonyl (C=O) groups excluding carboxylic acids is 1. The van der Waals surface area contributed by atoms with Crippen molar-refractivity contribution in [1.82, 2.24) is 14.5 Å². The van der Waals surface area contributed by atoms with Gasteiger partial charge in [0.15, 0.2) is 0 Å². The lowest BCUT2D eigenvalue weighted by molar-refractivity contribution is 0.0208.